The summed E-state index contributed by atoms with van der Waals surface area (Å²) in [5, 5.41) is 14.8. The predicted molar refractivity (Wildman–Crippen MR) is 102 cm³/mol. The van der Waals surface area contributed by atoms with Crippen molar-refractivity contribution in [2.24, 2.45) is 5.92 Å². The Morgan fingerprint density at radius 2 is 1.74 bits per heavy atom. The van der Waals surface area contributed by atoms with E-state index >= 15 is 0 Å². The Bertz CT molecular complexity index is 720. The molecule has 0 atom stereocenters. The second-order valence-electron chi connectivity index (χ2n) is 7.48. The van der Waals surface area contributed by atoms with Crippen LogP contribution in [0.5, 0.6) is 0 Å². The van der Waals surface area contributed by atoms with Gasteiger partial charge in [0.05, 0.1) is 17.2 Å². The molecule has 0 unspecified atom stereocenters. The molecule has 1 heterocycles. The van der Waals surface area contributed by atoms with Crippen molar-refractivity contribution in [1.82, 2.24) is 10.2 Å². The fraction of sp³-hybridized carbons (Fsp3) is 0.550. The van der Waals surface area contributed by atoms with E-state index in [-0.39, 0.29) is 23.9 Å². The van der Waals surface area contributed by atoms with Gasteiger partial charge in [0.2, 0.25) is 0 Å². The predicted octanol–water partition coefficient (Wildman–Crippen LogP) is 3.00. The Morgan fingerprint density at radius 1 is 1.07 bits per heavy atom. The minimum absolute atomic E-state index is 0.0395. The quantitative estimate of drug-likeness (QED) is 0.755. The Labute approximate surface area is 159 Å². The topological polar surface area (TPSA) is 98.7 Å². The number of rotatable bonds is 4. The van der Waals surface area contributed by atoms with Crippen molar-refractivity contribution in [3.8, 4) is 0 Å². The summed E-state index contributed by atoms with van der Waals surface area (Å²) < 4.78 is 0. The van der Waals surface area contributed by atoms with Gasteiger partial charge >= 0.3 is 12.0 Å². The van der Waals surface area contributed by atoms with Crippen molar-refractivity contribution in [1.29, 1.82) is 0 Å². The Hall–Kier alpha value is -2.57. The second kappa shape index (κ2) is 8.41. The lowest BCUT2D eigenvalue weighted by Crippen LogP contribution is -2.41. The van der Waals surface area contributed by atoms with Crippen molar-refractivity contribution in [3.63, 3.8) is 0 Å². The number of aliphatic carboxylic acids is 1. The highest BCUT2D eigenvalue weighted by Gasteiger charge is 2.27. The molecule has 1 aromatic rings. The molecule has 1 saturated carbocycles. The Balaban J connectivity index is 1.64. The van der Waals surface area contributed by atoms with E-state index in [1.807, 2.05) is 24.0 Å². The number of anilines is 1. The van der Waals surface area contributed by atoms with Crippen LogP contribution in [0.4, 0.5) is 10.5 Å². The first-order valence-electron chi connectivity index (χ1n) is 9.65. The van der Waals surface area contributed by atoms with Gasteiger partial charge in [-0.05, 0) is 57.1 Å². The molecule has 3 amide bonds. The van der Waals surface area contributed by atoms with Gasteiger partial charge < -0.3 is 20.6 Å². The van der Waals surface area contributed by atoms with Crippen LogP contribution in [-0.4, -0.2) is 47.0 Å². The second-order valence-corrected chi connectivity index (χ2v) is 7.48. The van der Waals surface area contributed by atoms with Crippen LogP contribution in [0.3, 0.4) is 0 Å². The molecule has 7 heteroatoms. The summed E-state index contributed by atoms with van der Waals surface area (Å²) in [6.45, 7) is 3.38. The van der Waals surface area contributed by atoms with Crippen LogP contribution in [0.15, 0.2) is 18.2 Å². The SMILES string of the molecule is Cc1cccc(C(=O)N2CCCC2)c1NC(=O)NC1CCC(C(=O)O)CC1. The Kier molecular flexibility index (Phi) is 5.98. The molecule has 1 aliphatic carbocycles. The highest BCUT2D eigenvalue weighted by molar-refractivity contribution is 6.04. The van der Waals surface area contributed by atoms with Crippen LogP contribution >= 0.6 is 0 Å². The average Bonchev–Trinajstić information content (AvgIpc) is 3.18. The third-order valence-electron chi connectivity index (χ3n) is 5.55. The molecule has 146 valence electrons. The maximum absolute atomic E-state index is 12.8. The van der Waals surface area contributed by atoms with Crippen LogP contribution < -0.4 is 10.6 Å². The standard InChI is InChI=1S/C20H27N3O4/c1-13-5-4-6-16(18(24)23-11-2-3-12-23)17(13)22-20(27)21-15-9-7-14(8-10-15)19(25)26/h4-6,14-15H,2-3,7-12H2,1H3,(H,25,26)(H2,21,22,27). The monoisotopic (exact) mass is 373 g/mol. The molecule has 2 fully saturated rings. The van der Waals surface area contributed by atoms with Crippen molar-refractivity contribution in [2.75, 3.05) is 18.4 Å². The lowest BCUT2D eigenvalue weighted by Gasteiger charge is -2.27. The zero-order valence-electron chi connectivity index (χ0n) is 15.7. The van der Waals surface area contributed by atoms with Gasteiger partial charge in [-0.1, -0.05) is 12.1 Å². The summed E-state index contributed by atoms with van der Waals surface area (Å²) in [5.74, 6) is -1.12. The molecule has 3 N–H and O–H groups in total. The van der Waals surface area contributed by atoms with Crippen molar-refractivity contribution >= 4 is 23.6 Å². The largest absolute Gasteiger partial charge is 0.481 e. The van der Waals surface area contributed by atoms with Crippen LogP contribution in [-0.2, 0) is 4.79 Å². The summed E-state index contributed by atoms with van der Waals surface area (Å²) in [7, 11) is 0. The number of carbonyl (C=O) groups is 3. The molecular formula is C20H27N3O4. The van der Waals surface area contributed by atoms with Crippen molar-refractivity contribution in [3.05, 3.63) is 29.3 Å². The van der Waals surface area contributed by atoms with Gasteiger partial charge in [0.1, 0.15) is 0 Å². The third kappa shape index (κ3) is 4.59. The molecule has 1 saturated heterocycles. The van der Waals surface area contributed by atoms with E-state index in [1.54, 1.807) is 6.07 Å². The van der Waals surface area contributed by atoms with Crippen LogP contribution in [0.1, 0.15) is 54.4 Å². The van der Waals surface area contributed by atoms with Gasteiger partial charge in [-0.3, -0.25) is 9.59 Å². The fourth-order valence-corrected chi connectivity index (χ4v) is 3.92. The molecular weight excluding hydrogens is 346 g/mol. The normalized spacial score (nSPS) is 22.3. The lowest BCUT2D eigenvalue weighted by atomic mass is 9.86. The molecule has 27 heavy (non-hydrogen) atoms. The van der Waals surface area contributed by atoms with E-state index in [2.05, 4.69) is 10.6 Å². The number of urea groups is 1. The highest BCUT2D eigenvalue weighted by Crippen LogP contribution is 2.26. The number of benzene rings is 1. The van der Waals surface area contributed by atoms with E-state index in [0.717, 1.165) is 31.5 Å². The number of aryl methyl sites for hydroxylation is 1. The molecule has 0 radical (unpaired) electrons. The summed E-state index contributed by atoms with van der Waals surface area (Å²) >= 11 is 0. The van der Waals surface area contributed by atoms with Crippen LogP contribution in [0.2, 0.25) is 0 Å². The molecule has 2 aliphatic rings. The number of likely N-dealkylation sites (tertiary alicyclic amines) is 1. The van der Waals surface area contributed by atoms with Crippen molar-refractivity contribution in [2.45, 2.75) is 51.5 Å². The molecule has 0 aromatic heterocycles. The lowest BCUT2D eigenvalue weighted by molar-refractivity contribution is -0.142. The number of para-hydroxylation sites is 1. The summed E-state index contributed by atoms with van der Waals surface area (Å²) in [4.78, 5) is 38.1. The number of nitrogens with one attached hydrogen (secondary N) is 2. The van der Waals surface area contributed by atoms with E-state index in [1.165, 1.54) is 0 Å². The van der Waals surface area contributed by atoms with Gasteiger partial charge in [-0.25, -0.2) is 4.79 Å². The van der Waals surface area contributed by atoms with Crippen LogP contribution in [0.25, 0.3) is 0 Å². The van der Waals surface area contributed by atoms with Crippen molar-refractivity contribution < 1.29 is 19.5 Å². The molecule has 0 bridgehead atoms. The number of amides is 3. The van der Waals surface area contributed by atoms with Gasteiger partial charge in [0.15, 0.2) is 0 Å². The van der Waals surface area contributed by atoms with Crippen LogP contribution in [0, 0.1) is 12.8 Å². The molecule has 1 aromatic carbocycles. The third-order valence-corrected chi connectivity index (χ3v) is 5.55. The summed E-state index contributed by atoms with van der Waals surface area (Å²) in [5.41, 5.74) is 1.90. The number of hydrogen-bond donors (Lipinski definition) is 3. The zero-order chi connectivity index (χ0) is 19.4. The van der Waals surface area contributed by atoms with Gasteiger partial charge in [-0.15, -0.1) is 0 Å². The van der Waals surface area contributed by atoms with E-state index in [4.69, 9.17) is 5.11 Å². The Morgan fingerprint density at radius 3 is 2.37 bits per heavy atom. The first-order chi connectivity index (χ1) is 13.0. The molecule has 7 nitrogen and oxygen atoms in total. The maximum Gasteiger partial charge on any atom is 0.319 e. The number of carboxylic acid groups (broad SMARTS) is 1. The minimum atomic E-state index is -0.761. The summed E-state index contributed by atoms with van der Waals surface area (Å²) in [6, 6.07) is 5.06. The van der Waals surface area contributed by atoms with E-state index < -0.39 is 5.97 Å². The smallest absolute Gasteiger partial charge is 0.319 e. The molecule has 0 spiro atoms. The average molecular weight is 373 g/mol. The fourth-order valence-electron chi connectivity index (χ4n) is 3.92. The highest BCUT2D eigenvalue weighted by atomic mass is 16.4. The number of carboxylic acids is 1. The van der Waals surface area contributed by atoms with Gasteiger partial charge in [-0.2, -0.15) is 0 Å². The molecule has 3 rings (SSSR count). The molecule has 1 aliphatic heterocycles. The maximum atomic E-state index is 12.8. The number of nitrogens with zero attached hydrogens (tertiary/aromatic N) is 1. The number of hydrogen-bond acceptors (Lipinski definition) is 3. The summed E-state index contributed by atoms with van der Waals surface area (Å²) in [6.07, 6.45) is 4.47. The van der Waals surface area contributed by atoms with E-state index in [9.17, 15) is 14.4 Å². The van der Waals surface area contributed by atoms with Gasteiger partial charge in [0.25, 0.3) is 5.91 Å². The minimum Gasteiger partial charge on any atom is -0.481 e. The van der Waals surface area contributed by atoms with Gasteiger partial charge in [0, 0.05) is 19.1 Å². The first-order valence-corrected chi connectivity index (χ1v) is 9.65. The van der Waals surface area contributed by atoms with E-state index in [0.29, 0.717) is 36.9 Å². The first kappa shape index (κ1) is 19.2. The zero-order valence-corrected chi connectivity index (χ0v) is 15.7. The number of carbonyl (C=O) groups excluding carboxylic acids is 2.